The first-order valence-electron chi connectivity index (χ1n) is 3.77. The number of alkyl halides is 2. The van der Waals surface area contributed by atoms with Crippen molar-refractivity contribution in [3.8, 4) is 0 Å². The molecule has 1 saturated carbocycles. The molecule has 0 bridgehead atoms. The fourth-order valence-electron chi connectivity index (χ4n) is 0.667. The summed E-state index contributed by atoms with van der Waals surface area (Å²) >= 11 is 0. The van der Waals surface area contributed by atoms with Crippen molar-refractivity contribution in [1.82, 2.24) is 0 Å². The average Bonchev–Trinajstić information content (AvgIpc) is 2.80. The minimum absolute atomic E-state index is 0.0381. The lowest BCUT2D eigenvalue weighted by atomic mass is 10.5. The Morgan fingerprint density at radius 2 is 2.00 bits per heavy atom. The molecule has 0 saturated heterocycles. The van der Waals surface area contributed by atoms with E-state index in [4.69, 9.17) is 4.55 Å². The Balaban J connectivity index is 2.57. The van der Waals surface area contributed by atoms with Crippen LogP contribution in [0.1, 0.15) is 12.8 Å². The summed E-state index contributed by atoms with van der Waals surface area (Å²) in [5.74, 6) is -2.19. The van der Waals surface area contributed by atoms with E-state index in [2.05, 4.69) is 4.74 Å². The summed E-state index contributed by atoms with van der Waals surface area (Å²) in [7, 11) is -5.74. The summed E-state index contributed by atoms with van der Waals surface area (Å²) in [6.45, 7) is -0.232. The minimum atomic E-state index is -5.74. The second-order valence-corrected chi connectivity index (χ2v) is 4.50. The van der Waals surface area contributed by atoms with E-state index in [1.54, 1.807) is 0 Å². The van der Waals surface area contributed by atoms with Gasteiger partial charge in [-0.1, -0.05) is 0 Å². The van der Waals surface area contributed by atoms with Crippen molar-refractivity contribution in [1.29, 1.82) is 0 Å². The average molecular weight is 230 g/mol. The van der Waals surface area contributed by atoms with Crippen molar-refractivity contribution in [3.05, 3.63) is 0 Å². The Hall–Kier alpha value is -0.760. The molecule has 1 fully saturated rings. The van der Waals surface area contributed by atoms with Gasteiger partial charge in [-0.2, -0.15) is 17.2 Å². The molecule has 0 radical (unpaired) electrons. The molecule has 1 N–H and O–H groups in total. The molecule has 0 spiro atoms. The summed E-state index contributed by atoms with van der Waals surface area (Å²) in [6.07, 6.45) is 1.54. The van der Waals surface area contributed by atoms with Crippen LogP contribution in [0, 0.1) is 5.92 Å². The van der Waals surface area contributed by atoms with Crippen LogP contribution in [0.2, 0.25) is 0 Å². The van der Waals surface area contributed by atoms with E-state index >= 15 is 0 Å². The largest absolute Gasteiger partial charge is 0.465 e. The fraction of sp³-hybridized carbons (Fsp3) is 0.833. The van der Waals surface area contributed by atoms with Crippen molar-refractivity contribution in [3.63, 3.8) is 0 Å². The standard InChI is InChI=1S/C6H8F2O5S/c7-6(8,14(10,11)12)5(9)13-3-4-1-2-4/h4H,1-3H2,(H,10,11,12). The first-order chi connectivity index (χ1) is 6.25. The van der Waals surface area contributed by atoms with Crippen LogP contribution in [0.15, 0.2) is 0 Å². The Kier molecular flexibility index (Phi) is 2.77. The number of carbonyl (C=O) groups is 1. The van der Waals surface area contributed by atoms with Gasteiger partial charge in [-0.15, -0.1) is 0 Å². The lowest BCUT2D eigenvalue weighted by Gasteiger charge is -2.11. The molecule has 0 atom stereocenters. The number of ether oxygens (including phenoxy) is 1. The zero-order valence-corrected chi connectivity index (χ0v) is 7.76. The molecule has 0 aliphatic heterocycles. The second kappa shape index (κ2) is 3.43. The molecule has 0 aromatic heterocycles. The molecule has 14 heavy (non-hydrogen) atoms. The van der Waals surface area contributed by atoms with E-state index in [1.807, 2.05) is 0 Å². The Morgan fingerprint density at radius 3 is 2.36 bits per heavy atom. The molecule has 0 amide bonds. The lowest BCUT2D eigenvalue weighted by Crippen LogP contribution is -2.39. The van der Waals surface area contributed by atoms with Crippen LogP contribution < -0.4 is 0 Å². The van der Waals surface area contributed by atoms with Crippen LogP contribution in [0.25, 0.3) is 0 Å². The molecule has 5 nitrogen and oxygen atoms in total. The van der Waals surface area contributed by atoms with E-state index in [-0.39, 0.29) is 12.5 Å². The van der Waals surface area contributed by atoms with Crippen LogP contribution in [-0.2, 0) is 19.6 Å². The number of esters is 1. The van der Waals surface area contributed by atoms with Gasteiger partial charge in [0.25, 0.3) is 0 Å². The van der Waals surface area contributed by atoms with Crippen LogP contribution >= 0.6 is 0 Å². The third kappa shape index (κ3) is 2.38. The molecule has 8 heteroatoms. The van der Waals surface area contributed by atoms with Crippen LogP contribution in [0.3, 0.4) is 0 Å². The molecule has 1 aliphatic rings. The van der Waals surface area contributed by atoms with Gasteiger partial charge in [-0.05, 0) is 18.8 Å². The van der Waals surface area contributed by atoms with Gasteiger partial charge in [0.05, 0.1) is 6.61 Å². The topological polar surface area (TPSA) is 80.7 Å². The first kappa shape index (κ1) is 11.3. The van der Waals surface area contributed by atoms with Gasteiger partial charge < -0.3 is 4.74 Å². The van der Waals surface area contributed by atoms with E-state index in [9.17, 15) is 22.0 Å². The van der Waals surface area contributed by atoms with E-state index in [0.717, 1.165) is 12.8 Å². The summed E-state index contributed by atoms with van der Waals surface area (Å²) in [5, 5.41) is -4.87. The third-order valence-corrected chi connectivity index (χ3v) is 2.52. The fourth-order valence-corrected chi connectivity index (χ4v) is 0.937. The molecule has 0 aromatic rings. The van der Waals surface area contributed by atoms with Crippen molar-refractivity contribution in [2.75, 3.05) is 6.61 Å². The van der Waals surface area contributed by atoms with Crippen molar-refractivity contribution in [2.24, 2.45) is 5.92 Å². The van der Waals surface area contributed by atoms with E-state index in [1.165, 1.54) is 0 Å². The van der Waals surface area contributed by atoms with Gasteiger partial charge in [0.15, 0.2) is 0 Å². The van der Waals surface area contributed by atoms with Gasteiger partial charge >= 0.3 is 21.3 Å². The third-order valence-electron chi connectivity index (χ3n) is 1.71. The van der Waals surface area contributed by atoms with Gasteiger partial charge in [0, 0.05) is 0 Å². The van der Waals surface area contributed by atoms with Crippen molar-refractivity contribution in [2.45, 2.75) is 18.1 Å². The molecule has 1 rings (SSSR count). The summed E-state index contributed by atoms with van der Waals surface area (Å²) in [5.41, 5.74) is 0. The highest BCUT2D eigenvalue weighted by molar-refractivity contribution is 7.87. The highest BCUT2D eigenvalue weighted by atomic mass is 32.2. The number of hydrogen-bond acceptors (Lipinski definition) is 4. The normalized spacial score (nSPS) is 17.9. The quantitative estimate of drug-likeness (QED) is 0.559. The zero-order chi connectivity index (χ0) is 11.0. The lowest BCUT2D eigenvalue weighted by molar-refractivity contribution is -0.161. The van der Waals surface area contributed by atoms with E-state index in [0.29, 0.717) is 0 Å². The van der Waals surface area contributed by atoms with Crippen LogP contribution in [0.4, 0.5) is 8.78 Å². The van der Waals surface area contributed by atoms with Gasteiger partial charge in [0.2, 0.25) is 0 Å². The van der Waals surface area contributed by atoms with Crippen LogP contribution in [-0.4, -0.2) is 30.8 Å². The number of rotatable bonds is 4. The summed E-state index contributed by atoms with van der Waals surface area (Å²) in [4.78, 5) is 10.5. The minimum Gasteiger partial charge on any atom is -0.460 e. The predicted molar refractivity (Wildman–Crippen MR) is 40.2 cm³/mol. The predicted octanol–water partition coefficient (Wildman–Crippen LogP) is 0.420. The molecule has 0 unspecified atom stereocenters. The molecule has 1 aliphatic carbocycles. The van der Waals surface area contributed by atoms with Crippen LogP contribution in [0.5, 0.6) is 0 Å². The molecular formula is C6H8F2O5S. The summed E-state index contributed by atoms with van der Waals surface area (Å²) < 4.78 is 57.1. The molecule has 0 aromatic carbocycles. The SMILES string of the molecule is O=C(OCC1CC1)C(F)(F)S(=O)(=O)O. The maximum atomic E-state index is 12.5. The summed E-state index contributed by atoms with van der Waals surface area (Å²) in [6, 6.07) is 0. The Bertz CT molecular complexity index is 332. The molecular weight excluding hydrogens is 222 g/mol. The monoisotopic (exact) mass is 230 g/mol. The van der Waals surface area contributed by atoms with E-state index < -0.39 is 21.3 Å². The smallest absolute Gasteiger partial charge is 0.460 e. The van der Waals surface area contributed by atoms with Crippen molar-refractivity contribution < 1.29 is 31.3 Å². The van der Waals surface area contributed by atoms with Gasteiger partial charge in [-0.3, -0.25) is 4.55 Å². The van der Waals surface area contributed by atoms with Gasteiger partial charge in [-0.25, -0.2) is 4.79 Å². The maximum absolute atomic E-state index is 12.5. The van der Waals surface area contributed by atoms with Gasteiger partial charge in [0.1, 0.15) is 0 Å². The zero-order valence-electron chi connectivity index (χ0n) is 6.94. The second-order valence-electron chi connectivity index (χ2n) is 3.03. The highest BCUT2D eigenvalue weighted by Crippen LogP contribution is 2.30. The maximum Gasteiger partial charge on any atom is 0.465 e. The number of hydrogen-bond donors (Lipinski definition) is 1. The highest BCUT2D eigenvalue weighted by Gasteiger charge is 2.54. The number of halogens is 2. The Labute approximate surface area is 78.8 Å². The van der Waals surface area contributed by atoms with Crippen molar-refractivity contribution >= 4 is 16.1 Å². The Morgan fingerprint density at radius 1 is 1.50 bits per heavy atom. The molecule has 82 valence electrons. The number of carbonyl (C=O) groups excluding carboxylic acids is 1. The molecule has 0 heterocycles. The first-order valence-corrected chi connectivity index (χ1v) is 5.21.